The summed E-state index contributed by atoms with van der Waals surface area (Å²) in [6, 6.07) is 20.5. The van der Waals surface area contributed by atoms with Gasteiger partial charge in [0.2, 0.25) is 0 Å². The van der Waals surface area contributed by atoms with Gasteiger partial charge in [0.05, 0.1) is 16.8 Å². The van der Waals surface area contributed by atoms with Crippen molar-refractivity contribution >= 4 is 33.5 Å². The third-order valence-electron chi connectivity index (χ3n) is 4.97. The number of amides is 1. The first-order valence-electron chi connectivity index (χ1n) is 10.4. The summed E-state index contributed by atoms with van der Waals surface area (Å²) in [5.41, 5.74) is 3.86. The highest BCUT2D eigenvalue weighted by Gasteiger charge is 2.33. The maximum atomic E-state index is 13.4. The van der Waals surface area contributed by atoms with E-state index in [-0.39, 0.29) is 5.69 Å². The minimum atomic E-state index is -4.44. The van der Waals surface area contributed by atoms with Crippen molar-refractivity contribution in [3.8, 4) is 0 Å². The van der Waals surface area contributed by atoms with Crippen molar-refractivity contribution in [1.82, 2.24) is 5.43 Å². The molecule has 0 radical (unpaired) electrons. The molecule has 0 aliphatic rings. The molecule has 0 heterocycles. The lowest BCUT2D eigenvalue weighted by Crippen LogP contribution is -2.39. The summed E-state index contributed by atoms with van der Waals surface area (Å²) in [6.07, 6.45) is 1.45. The second kappa shape index (κ2) is 10.7. The van der Waals surface area contributed by atoms with Crippen LogP contribution in [-0.2, 0) is 14.8 Å². The van der Waals surface area contributed by atoms with Gasteiger partial charge in [-0.15, -0.1) is 0 Å². The zero-order valence-corrected chi connectivity index (χ0v) is 19.5. The van der Waals surface area contributed by atoms with Crippen LogP contribution in [0.2, 0.25) is 0 Å². The average molecular weight is 481 g/mol. The molecule has 9 nitrogen and oxygen atoms in total. The number of nitrogens with zero attached hydrogens (tertiary/aromatic N) is 3. The van der Waals surface area contributed by atoms with Gasteiger partial charge in [0, 0.05) is 6.07 Å². The zero-order valence-electron chi connectivity index (χ0n) is 18.7. The van der Waals surface area contributed by atoms with Gasteiger partial charge >= 0.3 is 0 Å². The van der Waals surface area contributed by atoms with E-state index in [0.29, 0.717) is 5.92 Å². The molecule has 0 fully saturated rings. The Labute approximate surface area is 197 Å². The molecule has 0 atom stereocenters. The first-order chi connectivity index (χ1) is 16.2. The van der Waals surface area contributed by atoms with Gasteiger partial charge in [-0.3, -0.25) is 19.2 Å². The SMILES string of the molecule is CC(C)c1ccc(/C=N/NC(=O)CN(c2ccccc2)S(=O)(=O)c2ccccc2[N+](=O)[O-])cc1. The maximum absolute atomic E-state index is 13.4. The number of nitrogens with one attached hydrogen (secondary N) is 1. The first kappa shape index (κ1) is 24.6. The molecule has 3 aromatic carbocycles. The van der Waals surface area contributed by atoms with E-state index in [1.807, 2.05) is 24.3 Å². The summed E-state index contributed by atoms with van der Waals surface area (Å²) < 4.78 is 27.6. The summed E-state index contributed by atoms with van der Waals surface area (Å²) in [7, 11) is -4.44. The third-order valence-corrected chi connectivity index (χ3v) is 6.79. The van der Waals surface area contributed by atoms with E-state index >= 15 is 0 Å². The third kappa shape index (κ3) is 5.84. The summed E-state index contributed by atoms with van der Waals surface area (Å²) in [6.45, 7) is 3.54. The van der Waals surface area contributed by atoms with E-state index in [2.05, 4.69) is 24.4 Å². The second-order valence-electron chi connectivity index (χ2n) is 7.69. The van der Waals surface area contributed by atoms with Crippen LogP contribution in [0.3, 0.4) is 0 Å². The van der Waals surface area contributed by atoms with Crippen molar-refractivity contribution in [2.24, 2.45) is 5.10 Å². The molecule has 3 aromatic rings. The Morgan fingerprint density at radius 2 is 1.65 bits per heavy atom. The van der Waals surface area contributed by atoms with Crippen LogP contribution in [0.25, 0.3) is 0 Å². The summed E-state index contributed by atoms with van der Waals surface area (Å²) in [5.74, 6) is -0.321. The number of hydrogen-bond acceptors (Lipinski definition) is 6. The lowest BCUT2D eigenvalue weighted by molar-refractivity contribution is -0.387. The second-order valence-corrected chi connectivity index (χ2v) is 9.52. The largest absolute Gasteiger partial charge is 0.289 e. The van der Waals surface area contributed by atoms with Crippen LogP contribution in [0.1, 0.15) is 30.9 Å². The van der Waals surface area contributed by atoms with E-state index in [1.165, 1.54) is 36.0 Å². The fourth-order valence-electron chi connectivity index (χ4n) is 3.17. The minimum Gasteiger partial charge on any atom is -0.271 e. The molecule has 0 aliphatic carbocycles. The normalized spacial score (nSPS) is 11.5. The van der Waals surface area contributed by atoms with E-state index in [0.717, 1.165) is 22.0 Å². The predicted octanol–water partition coefficient (Wildman–Crippen LogP) is 4.06. The van der Waals surface area contributed by atoms with Gasteiger partial charge in [-0.05, 0) is 35.2 Å². The number of hydrogen-bond donors (Lipinski definition) is 1. The topological polar surface area (TPSA) is 122 Å². The number of carbonyl (C=O) groups is 1. The van der Waals surface area contributed by atoms with Crippen molar-refractivity contribution in [2.45, 2.75) is 24.7 Å². The number of sulfonamides is 1. The molecular formula is C24H24N4O5S. The van der Waals surface area contributed by atoms with Crippen LogP contribution in [0, 0.1) is 10.1 Å². The van der Waals surface area contributed by atoms with Gasteiger partial charge in [-0.1, -0.05) is 68.4 Å². The van der Waals surface area contributed by atoms with E-state index in [1.54, 1.807) is 18.2 Å². The molecule has 3 rings (SSSR count). The first-order valence-corrected chi connectivity index (χ1v) is 11.9. The molecule has 176 valence electrons. The summed E-state index contributed by atoms with van der Waals surface area (Å²) in [5, 5.41) is 15.3. The molecule has 0 aromatic heterocycles. The number of nitro groups is 1. The number of para-hydroxylation sites is 2. The average Bonchev–Trinajstić information content (AvgIpc) is 2.83. The number of hydrazone groups is 1. The molecular weight excluding hydrogens is 456 g/mol. The van der Waals surface area contributed by atoms with Gasteiger partial charge in [0.1, 0.15) is 6.54 Å². The summed E-state index contributed by atoms with van der Waals surface area (Å²) in [4.78, 5) is 22.7. The van der Waals surface area contributed by atoms with Crippen LogP contribution >= 0.6 is 0 Å². The van der Waals surface area contributed by atoms with E-state index < -0.39 is 38.0 Å². The van der Waals surface area contributed by atoms with Crippen LogP contribution in [0.5, 0.6) is 0 Å². The Hall–Kier alpha value is -4.05. The molecule has 0 spiro atoms. The number of rotatable bonds is 9. The van der Waals surface area contributed by atoms with Crippen LogP contribution < -0.4 is 9.73 Å². The van der Waals surface area contributed by atoms with Gasteiger partial charge in [0.15, 0.2) is 4.90 Å². The number of nitro benzene ring substituents is 1. The van der Waals surface area contributed by atoms with Gasteiger partial charge < -0.3 is 0 Å². The zero-order chi connectivity index (χ0) is 24.7. The molecule has 1 amide bonds. The highest BCUT2D eigenvalue weighted by atomic mass is 32.2. The standard InChI is InChI=1S/C24H24N4O5S/c1-18(2)20-14-12-19(13-15-20)16-25-26-24(29)17-27(21-8-4-3-5-9-21)34(32,33)23-11-7-6-10-22(23)28(30)31/h3-16,18H,17H2,1-2H3,(H,26,29)/b25-16+. The highest BCUT2D eigenvalue weighted by Crippen LogP contribution is 2.29. The van der Waals surface area contributed by atoms with E-state index in [9.17, 15) is 23.3 Å². The molecule has 34 heavy (non-hydrogen) atoms. The Morgan fingerprint density at radius 3 is 2.26 bits per heavy atom. The van der Waals surface area contributed by atoms with Crippen molar-refractivity contribution in [1.29, 1.82) is 0 Å². The molecule has 10 heteroatoms. The fraction of sp³-hybridized carbons (Fsp3) is 0.167. The van der Waals surface area contributed by atoms with Crippen LogP contribution in [0.4, 0.5) is 11.4 Å². The lowest BCUT2D eigenvalue weighted by Gasteiger charge is -2.23. The van der Waals surface area contributed by atoms with Crippen molar-refractivity contribution < 1.29 is 18.1 Å². The van der Waals surface area contributed by atoms with Gasteiger partial charge in [0.25, 0.3) is 21.6 Å². The lowest BCUT2D eigenvalue weighted by atomic mass is 10.0. The number of carbonyl (C=O) groups excluding carboxylic acids is 1. The monoisotopic (exact) mass is 480 g/mol. The fourth-order valence-corrected chi connectivity index (χ4v) is 4.75. The molecule has 0 unspecified atom stereocenters. The van der Waals surface area contributed by atoms with E-state index in [4.69, 9.17) is 0 Å². The van der Waals surface area contributed by atoms with Crippen molar-refractivity contribution in [3.05, 3.63) is 100 Å². The van der Waals surface area contributed by atoms with Crippen molar-refractivity contribution in [2.75, 3.05) is 10.8 Å². The molecule has 0 bridgehead atoms. The van der Waals surface area contributed by atoms with Crippen LogP contribution in [0.15, 0.2) is 88.9 Å². The Bertz CT molecular complexity index is 1290. The molecule has 0 aliphatic heterocycles. The number of benzene rings is 3. The Morgan fingerprint density at radius 1 is 1.03 bits per heavy atom. The molecule has 0 saturated carbocycles. The quantitative estimate of drug-likeness (QED) is 0.281. The van der Waals surface area contributed by atoms with Crippen LogP contribution in [-0.4, -0.2) is 32.0 Å². The highest BCUT2D eigenvalue weighted by molar-refractivity contribution is 7.93. The van der Waals surface area contributed by atoms with Crippen molar-refractivity contribution in [3.63, 3.8) is 0 Å². The van der Waals surface area contributed by atoms with Gasteiger partial charge in [-0.25, -0.2) is 13.8 Å². The smallest absolute Gasteiger partial charge is 0.271 e. The summed E-state index contributed by atoms with van der Waals surface area (Å²) >= 11 is 0. The molecule has 1 N–H and O–H groups in total. The minimum absolute atomic E-state index is 0.184. The molecule has 0 saturated heterocycles. The Balaban J connectivity index is 1.83. The predicted molar refractivity (Wildman–Crippen MR) is 130 cm³/mol. The number of anilines is 1. The van der Waals surface area contributed by atoms with Gasteiger partial charge in [-0.2, -0.15) is 5.10 Å². The Kier molecular flexibility index (Phi) is 7.75. The maximum Gasteiger partial charge on any atom is 0.289 e.